The van der Waals surface area contributed by atoms with Gasteiger partial charge < -0.3 is 4.98 Å². The average Bonchev–Trinajstić information content (AvgIpc) is 2.56. The van der Waals surface area contributed by atoms with Crippen LogP contribution >= 0.6 is 38.5 Å². The molecular weight excluding hydrogens is 359 g/mol. The SMILES string of the molecule is O=c1[nH]ccn1-c1cc(Br)ccc1I. The van der Waals surface area contributed by atoms with Gasteiger partial charge in [0.25, 0.3) is 0 Å². The van der Waals surface area contributed by atoms with Gasteiger partial charge in [-0.25, -0.2) is 4.79 Å². The molecule has 1 heterocycles. The van der Waals surface area contributed by atoms with Crippen molar-refractivity contribution in [1.29, 1.82) is 0 Å². The summed E-state index contributed by atoms with van der Waals surface area (Å²) in [6, 6.07) is 5.82. The van der Waals surface area contributed by atoms with Crippen molar-refractivity contribution in [3.63, 3.8) is 0 Å². The van der Waals surface area contributed by atoms with Gasteiger partial charge in [0.1, 0.15) is 0 Å². The highest BCUT2D eigenvalue weighted by molar-refractivity contribution is 14.1. The molecule has 1 aromatic carbocycles. The second-order valence-corrected chi connectivity index (χ2v) is 4.81. The standard InChI is InChI=1S/C9H6BrIN2O/c10-6-1-2-7(11)8(5-6)13-4-3-12-9(13)14/h1-5H,(H,12,14). The second-order valence-electron chi connectivity index (χ2n) is 2.73. The summed E-state index contributed by atoms with van der Waals surface area (Å²) in [7, 11) is 0. The number of benzene rings is 1. The Balaban J connectivity index is 2.68. The molecular formula is C9H6BrIN2O. The van der Waals surface area contributed by atoms with Gasteiger partial charge in [0.2, 0.25) is 0 Å². The van der Waals surface area contributed by atoms with Crippen LogP contribution in [0.4, 0.5) is 0 Å². The number of H-pyrrole nitrogens is 1. The summed E-state index contributed by atoms with van der Waals surface area (Å²) >= 11 is 5.58. The molecule has 2 aromatic rings. The lowest BCUT2D eigenvalue weighted by Crippen LogP contribution is -2.14. The van der Waals surface area contributed by atoms with E-state index in [1.165, 1.54) is 0 Å². The minimum atomic E-state index is -0.124. The summed E-state index contributed by atoms with van der Waals surface area (Å²) in [6.07, 6.45) is 3.34. The van der Waals surface area contributed by atoms with Crippen LogP contribution in [-0.2, 0) is 0 Å². The van der Waals surface area contributed by atoms with Crippen molar-refractivity contribution >= 4 is 38.5 Å². The van der Waals surface area contributed by atoms with Crippen LogP contribution in [0.3, 0.4) is 0 Å². The maximum atomic E-state index is 11.4. The van der Waals surface area contributed by atoms with Gasteiger partial charge >= 0.3 is 5.69 Å². The van der Waals surface area contributed by atoms with Gasteiger partial charge in [-0.15, -0.1) is 0 Å². The minimum absolute atomic E-state index is 0.124. The van der Waals surface area contributed by atoms with Gasteiger partial charge in [0, 0.05) is 20.4 Å². The molecule has 0 aliphatic carbocycles. The molecule has 5 heteroatoms. The molecule has 0 radical (unpaired) electrons. The number of rotatable bonds is 1. The predicted octanol–water partition coefficient (Wildman–Crippen LogP) is 2.53. The van der Waals surface area contributed by atoms with E-state index >= 15 is 0 Å². The van der Waals surface area contributed by atoms with Gasteiger partial charge in [0.15, 0.2) is 0 Å². The second kappa shape index (κ2) is 3.90. The topological polar surface area (TPSA) is 37.8 Å². The van der Waals surface area contributed by atoms with E-state index in [1.807, 2.05) is 18.2 Å². The first kappa shape index (κ1) is 9.97. The van der Waals surface area contributed by atoms with Crippen LogP contribution in [0.2, 0.25) is 0 Å². The number of nitrogens with one attached hydrogen (secondary N) is 1. The lowest BCUT2D eigenvalue weighted by Gasteiger charge is -2.04. The molecule has 0 amide bonds. The summed E-state index contributed by atoms with van der Waals surface area (Å²) in [5.74, 6) is 0. The van der Waals surface area contributed by atoms with Gasteiger partial charge in [-0.1, -0.05) is 15.9 Å². The molecule has 0 fully saturated rings. The Labute approximate surface area is 102 Å². The van der Waals surface area contributed by atoms with Crippen LogP contribution in [0.5, 0.6) is 0 Å². The molecule has 0 aliphatic rings. The summed E-state index contributed by atoms with van der Waals surface area (Å²) in [6.45, 7) is 0. The van der Waals surface area contributed by atoms with E-state index in [4.69, 9.17) is 0 Å². The highest BCUT2D eigenvalue weighted by Gasteiger charge is 2.04. The van der Waals surface area contributed by atoms with E-state index in [1.54, 1.807) is 17.0 Å². The number of imidazole rings is 1. The van der Waals surface area contributed by atoms with E-state index in [0.717, 1.165) is 13.7 Å². The number of aromatic amines is 1. The third-order valence-electron chi connectivity index (χ3n) is 1.82. The lowest BCUT2D eigenvalue weighted by atomic mass is 10.3. The zero-order valence-corrected chi connectivity index (χ0v) is 10.7. The van der Waals surface area contributed by atoms with Crippen LogP contribution in [0.25, 0.3) is 5.69 Å². The van der Waals surface area contributed by atoms with Crippen molar-refractivity contribution in [2.45, 2.75) is 0 Å². The van der Waals surface area contributed by atoms with Crippen LogP contribution < -0.4 is 5.69 Å². The van der Waals surface area contributed by atoms with Crippen molar-refractivity contribution in [1.82, 2.24) is 9.55 Å². The van der Waals surface area contributed by atoms with Crippen LogP contribution in [0, 0.1) is 3.57 Å². The molecule has 0 saturated heterocycles. The number of halogens is 2. The van der Waals surface area contributed by atoms with Gasteiger partial charge in [0.05, 0.1) is 5.69 Å². The number of aromatic nitrogens is 2. The average molecular weight is 365 g/mol. The Morgan fingerprint density at radius 2 is 2.21 bits per heavy atom. The third kappa shape index (κ3) is 1.78. The normalized spacial score (nSPS) is 10.4. The molecule has 0 saturated carbocycles. The number of nitrogens with zero attached hydrogens (tertiary/aromatic N) is 1. The van der Waals surface area contributed by atoms with Crippen LogP contribution in [-0.4, -0.2) is 9.55 Å². The molecule has 0 spiro atoms. The first-order valence-electron chi connectivity index (χ1n) is 3.90. The van der Waals surface area contributed by atoms with Gasteiger partial charge in [-0.05, 0) is 40.8 Å². The summed E-state index contributed by atoms with van der Waals surface area (Å²) < 4.78 is 3.57. The predicted molar refractivity (Wildman–Crippen MR) is 66.8 cm³/mol. The van der Waals surface area contributed by atoms with Crippen molar-refractivity contribution in [2.75, 3.05) is 0 Å². The Bertz CT molecular complexity index is 518. The van der Waals surface area contributed by atoms with E-state index in [0.29, 0.717) is 0 Å². The lowest BCUT2D eigenvalue weighted by molar-refractivity contribution is 0.980. The Kier molecular flexibility index (Phi) is 2.78. The van der Waals surface area contributed by atoms with E-state index in [2.05, 4.69) is 43.5 Å². The van der Waals surface area contributed by atoms with Crippen molar-refractivity contribution in [2.24, 2.45) is 0 Å². The van der Waals surface area contributed by atoms with E-state index < -0.39 is 0 Å². The molecule has 2 rings (SSSR count). The van der Waals surface area contributed by atoms with Crippen molar-refractivity contribution in [3.05, 3.63) is 49.1 Å². The molecule has 0 unspecified atom stereocenters. The smallest absolute Gasteiger partial charge is 0.312 e. The largest absolute Gasteiger partial charge is 0.330 e. The fourth-order valence-corrected chi connectivity index (χ4v) is 2.12. The zero-order chi connectivity index (χ0) is 10.1. The minimum Gasteiger partial charge on any atom is -0.312 e. The molecule has 1 aromatic heterocycles. The van der Waals surface area contributed by atoms with Crippen LogP contribution in [0.15, 0.2) is 39.9 Å². The Hall–Kier alpha value is -0.560. The first-order valence-corrected chi connectivity index (χ1v) is 5.77. The monoisotopic (exact) mass is 364 g/mol. The number of hydrogen-bond donors (Lipinski definition) is 1. The molecule has 72 valence electrons. The van der Waals surface area contributed by atoms with E-state index in [-0.39, 0.29) is 5.69 Å². The van der Waals surface area contributed by atoms with Crippen LogP contribution in [0.1, 0.15) is 0 Å². The number of hydrogen-bond acceptors (Lipinski definition) is 1. The van der Waals surface area contributed by atoms with E-state index in [9.17, 15) is 4.79 Å². The fraction of sp³-hybridized carbons (Fsp3) is 0. The Morgan fingerprint density at radius 1 is 1.43 bits per heavy atom. The quantitative estimate of drug-likeness (QED) is 0.776. The van der Waals surface area contributed by atoms with Gasteiger partial charge in [-0.2, -0.15) is 0 Å². The van der Waals surface area contributed by atoms with Crippen molar-refractivity contribution in [3.8, 4) is 5.69 Å². The first-order chi connectivity index (χ1) is 6.68. The fourth-order valence-electron chi connectivity index (χ4n) is 1.18. The third-order valence-corrected chi connectivity index (χ3v) is 3.22. The highest BCUT2D eigenvalue weighted by Crippen LogP contribution is 2.20. The molecule has 0 aliphatic heterocycles. The maximum Gasteiger partial charge on any atom is 0.330 e. The molecule has 0 bridgehead atoms. The highest BCUT2D eigenvalue weighted by atomic mass is 127. The van der Waals surface area contributed by atoms with Gasteiger partial charge in [-0.3, -0.25) is 4.57 Å². The molecule has 3 nitrogen and oxygen atoms in total. The summed E-state index contributed by atoms with van der Waals surface area (Å²) in [5.41, 5.74) is 0.757. The Morgan fingerprint density at radius 3 is 2.86 bits per heavy atom. The maximum absolute atomic E-state index is 11.4. The summed E-state index contributed by atoms with van der Waals surface area (Å²) in [4.78, 5) is 14.0. The van der Waals surface area contributed by atoms with Crippen molar-refractivity contribution < 1.29 is 0 Å². The molecule has 14 heavy (non-hydrogen) atoms. The zero-order valence-electron chi connectivity index (χ0n) is 7.00. The summed E-state index contributed by atoms with van der Waals surface area (Å²) in [5, 5.41) is 0. The molecule has 0 atom stereocenters. The molecule has 1 N–H and O–H groups in total.